The van der Waals surface area contributed by atoms with Crippen LogP contribution in [-0.4, -0.2) is 22.9 Å². The fourth-order valence-electron chi connectivity index (χ4n) is 2.54. The van der Waals surface area contributed by atoms with Crippen molar-refractivity contribution in [1.82, 2.24) is 4.57 Å². The van der Waals surface area contributed by atoms with Gasteiger partial charge in [0.15, 0.2) is 0 Å². The Kier molecular flexibility index (Phi) is 3.02. The first-order valence-electron chi connectivity index (χ1n) is 6.49. The molecule has 1 aromatic heterocycles. The smallest absolute Gasteiger partial charge is 0.227 e. The van der Waals surface area contributed by atoms with Gasteiger partial charge in [-0.25, -0.2) is 0 Å². The van der Waals surface area contributed by atoms with Crippen LogP contribution in [0, 0.1) is 5.92 Å². The molecule has 1 aliphatic rings. The number of hydrogen-bond donors (Lipinski definition) is 1. The molecule has 2 amide bonds. The molecule has 0 radical (unpaired) electrons. The standard InChI is InChI=1S/C15H15N3O2/c16-15(20)11-9-14(19)18(10-11)13-6-2-1-5-12(13)17-7-3-4-8-17/h1-8,11H,9-10H2,(H2,16,20). The molecule has 3 rings (SSSR count). The number of benzene rings is 1. The Morgan fingerprint density at radius 3 is 2.35 bits per heavy atom. The lowest BCUT2D eigenvalue weighted by molar-refractivity contribution is -0.123. The number of para-hydroxylation sites is 2. The van der Waals surface area contributed by atoms with Crippen molar-refractivity contribution in [3.63, 3.8) is 0 Å². The quantitative estimate of drug-likeness (QED) is 0.913. The number of amides is 2. The van der Waals surface area contributed by atoms with Gasteiger partial charge in [-0.2, -0.15) is 0 Å². The van der Waals surface area contributed by atoms with E-state index in [4.69, 9.17) is 5.73 Å². The maximum atomic E-state index is 12.1. The number of carbonyl (C=O) groups is 2. The molecule has 1 unspecified atom stereocenters. The largest absolute Gasteiger partial charge is 0.369 e. The third kappa shape index (κ3) is 2.07. The van der Waals surface area contributed by atoms with E-state index >= 15 is 0 Å². The lowest BCUT2D eigenvalue weighted by atomic mass is 10.1. The first-order chi connectivity index (χ1) is 9.66. The van der Waals surface area contributed by atoms with Crippen LogP contribution in [0.3, 0.4) is 0 Å². The molecule has 0 aliphatic carbocycles. The van der Waals surface area contributed by atoms with Gasteiger partial charge in [0, 0.05) is 25.4 Å². The molecule has 5 nitrogen and oxygen atoms in total. The second-order valence-electron chi connectivity index (χ2n) is 4.89. The fourth-order valence-corrected chi connectivity index (χ4v) is 2.54. The average Bonchev–Trinajstić information content (AvgIpc) is 3.08. The van der Waals surface area contributed by atoms with E-state index < -0.39 is 11.8 Å². The molecule has 0 spiro atoms. The summed E-state index contributed by atoms with van der Waals surface area (Å²) in [6.45, 7) is 0.354. The Morgan fingerprint density at radius 1 is 1.10 bits per heavy atom. The van der Waals surface area contributed by atoms with E-state index in [0.29, 0.717) is 6.54 Å². The number of hydrogen-bond acceptors (Lipinski definition) is 2. The highest BCUT2D eigenvalue weighted by atomic mass is 16.2. The molecule has 1 aliphatic heterocycles. The number of primary amides is 1. The van der Waals surface area contributed by atoms with Crippen LogP contribution in [0.15, 0.2) is 48.8 Å². The minimum absolute atomic E-state index is 0.0617. The summed E-state index contributed by atoms with van der Waals surface area (Å²) in [5, 5.41) is 0. The summed E-state index contributed by atoms with van der Waals surface area (Å²) >= 11 is 0. The lowest BCUT2D eigenvalue weighted by Gasteiger charge is -2.20. The number of aromatic nitrogens is 1. The van der Waals surface area contributed by atoms with Crippen LogP contribution in [0.4, 0.5) is 5.69 Å². The zero-order chi connectivity index (χ0) is 14.1. The number of nitrogens with two attached hydrogens (primary N) is 1. The second-order valence-corrected chi connectivity index (χ2v) is 4.89. The molecule has 2 aromatic rings. The molecule has 1 atom stereocenters. The highest BCUT2D eigenvalue weighted by molar-refractivity contribution is 6.01. The molecule has 20 heavy (non-hydrogen) atoms. The van der Waals surface area contributed by atoms with E-state index in [-0.39, 0.29) is 12.3 Å². The fraction of sp³-hybridized carbons (Fsp3) is 0.200. The molecule has 1 saturated heterocycles. The minimum Gasteiger partial charge on any atom is -0.369 e. The third-order valence-electron chi connectivity index (χ3n) is 3.58. The molecule has 102 valence electrons. The highest BCUT2D eigenvalue weighted by Gasteiger charge is 2.34. The maximum absolute atomic E-state index is 12.1. The summed E-state index contributed by atoms with van der Waals surface area (Å²) in [6, 6.07) is 11.5. The van der Waals surface area contributed by atoms with Gasteiger partial charge in [0.05, 0.1) is 17.3 Å². The predicted molar refractivity (Wildman–Crippen MR) is 75.4 cm³/mol. The lowest BCUT2D eigenvalue weighted by Crippen LogP contribution is -2.29. The van der Waals surface area contributed by atoms with Crippen molar-refractivity contribution >= 4 is 17.5 Å². The average molecular weight is 269 g/mol. The molecule has 1 fully saturated rings. The Hall–Kier alpha value is -2.56. The van der Waals surface area contributed by atoms with Crippen LogP contribution in [0.2, 0.25) is 0 Å². The van der Waals surface area contributed by atoms with E-state index in [1.54, 1.807) is 4.90 Å². The monoisotopic (exact) mass is 269 g/mol. The van der Waals surface area contributed by atoms with E-state index in [9.17, 15) is 9.59 Å². The summed E-state index contributed by atoms with van der Waals surface area (Å²) < 4.78 is 1.94. The molecular weight excluding hydrogens is 254 g/mol. The van der Waals surface area contributed by atoms with Crippen molar-refractivity contribution in [3.05, 3.63) is 48.8 Å². The molecular formula is C15H15N3O2. The van der Waals surface area contributed by atoms with Gasteiger partial charge in [-0.3, -0.25) is 9.59 Å². The van der Waals surface area contributed by atoms with Gasteiger partial charge in [0.1, 0.15) is 0 Å². The molecule has 0 bridgehead atoms. The Labute approximate surface area is 116 Å². The summed E-state index contributed by atoms with van der Waals surface area (Å²) in [5.74, 6) is -0.882. The number of carbonyl (C=O) groups excluding carboxylic acids is 2. The normalized spacial score (nSPS) is 18.5. The van der Waals surface area contributed by atoms with Crippen molar-refractivity contribution in [1.29, 1.82) is 0 Å². The van der Waals surface area contributed by atoms with E-state index in [1.807, 2.05) is 53.4 Å². The summed E-state index contributed by atoms with van der Waals surface area (Å²) in [6.07, 6.45) is 4.03. The number of nitrogens with zero attached hydrogens (tertiary/aromatic N) is 2. The Bertz CT molecular complexity index is 649. The van der Waals surface area contributed by atoms with Crippen molar-refractivity contribution in [2.24, 2.45) is 11.7 Å². The molecule has 1 aromatic carbocycles. The summed E-state index contributed by atoms with van der Waals surface area (Å²) in [4.78, 5) is 25.0. The number of rotatable bonds is 3. The van der Waals surface area contributed by atoms with Gasteiger partial charge < -0.3 is 15.2 Å². The van der Waals surface area contributed by atoms with Gasteiger partial charge in [-0.1, -0.05) is 12.1 Å². The van der Waals surface area contributed by atoms with Crippen LogP contribution in [-0.2, 0) is 9.59 Å². The van der Waals surface area contributed by atoms with Crippen LogP contribution >= 0.6 is 0 Å². The molecule has 5 heteroatoms. The maximum Gasteiger partial charge on any atom is 0.227 e. The van der Waals surface area contributed by atoms with Gasteiger partial charge >= 0.3 is 0 Å². The van der Waals surface area contributed by atoms with Crippen molar-refractivity contribution in [3.8, 4) is 5.69 Å². The van der Waals surface area contributed by atoms with Crippen molar-refractivity contribution < 1.29 is 9.59 Å². The molecule has 2 N–H and O–H groups in total. The van der Waals surface area contributed by atoms with Gasteiger partial charge in [-0.05, 0) is 24.3 Å². The third-order valence-corrected chi connectivity index (χ3v) is 3.58. The van der Waals surface area contributed by atoms with E-state index in [0.717, 1.165) is 11.4 Å². The predicted octanol–water partition coefficient (Wildman–Crippen LogP) is 1.32. The van der Waals surface area contributed by atoms with Crippen LogP contribution in [0.1, 0.15) is 6.42 Å². The first-order valence-corrected chi connectivity index (χ1v) is 6.49. The topological polar surface area (TPSA) is 68.3 Å². The number of anilines is 1. The summed E-state index contributed by atoms with van der Waals surface area (Å²) in [7, 11) is 0. The second kappa shape index (κ2) is 4.85. The minimum atomic E-state index is -0.417. The van der Waals surface area contributed by atoms with Crippen molar-refractivity contribution in [2.45, 2.75) is 6.42 Å². The first kappa shape index (κ1) is 12.5. The molecule has 0 saturated carbocycles. The van der Waals surface area contributed by atoms with Gasteiger partial charge in [-0.15, -0.1) is 0 Å². The van der Waals surface area contributed by atoms with E-state index in [1.165, 1.54) is 0 Å². The zero-order valence-corrected chi connectivity index (χ0v) is 10.9. The SMILES string of the molecule is NC(=O)C1CC(=O)N(c2ccccc2-n2cccc2)C1. The van der Waals surface area contributed by atoms with Crippen LogP contribution in [0.5, 0.6) is 0 Å². The van der Waals surface area contributed by atoms with Gasteiger partial charge in [0.2, 0.25) is 11.8 Å². The Balaban J connectivity index is 1.99. The van der Waals surface area contributed by atoms with Crippen LogP contribution < -0.4 is 10.6 Å². The molecule has 2 heterocycles. The zero-order valence-electron chi connectivity index (χ0n) is 10.9. The summed E-state index contributed by atoms with van der Waals surface area (Å²) in [5.41, 5.74) is 7.03. The van der Waals surface area contributed by atoms with Crippen LogP contribution in [0.25, 0.3) is 5.69 Å². The van der Waals surface area contributed by atoms with Gasteiger partial charge in [0.25, 0.3) is 0 Å². The Morgan fingerprint density at radius 2 is 1.75 bits per heavy atom. The highest BCUT2D eigenvalue weighted by Crippen LogP contribution is 2.30. The van der Waals surface area contributed by atoms with Crippen molar-refractivity contribution in [2.75, 3.05) is 11.4 Å². The van der Waals surface area contributed by atoms with E-state index in [2.05, 4.69) is 0 Å².